The van der Waals surface area contributed by atoms with Gasteiger partial charge in [0.15, 0.2) is 0 Å². The topological polar surface area (TPSA) is 29.9 Å². The van der Waals surface area contributed by atoms with Crippen LogP contribution in [0.3, 0.4) is 0 Å². The highest BCUT2D eigenvalue weighted by molar-refractivity contribution is 5.27. The van der Waals surface area contributed by atoms with E-state index in [0.29, 0.717) is 13.1 Å². The molecule has 0 aliphatic heterocycles. The molecule has 1 aromatic heterocycles. The van der Waals surface area contributed by atoms with Crippen LogP contribution in [0, 0.1) is 19.7 Å². The maximum Gasteiger partial charge on any atom is 0.127 e. The third-order valence-electron chi connectivity index (χ3n) is 3.31. The summed E-state index contributed by atoms with van der Waals surface area (Å²) in [6.07, 6.45) is 1.84. The second-order valence-corrected chi connectivity index (χ2v) is 4.52. The first kappa shape index (κ1) is 12.8. The van der Waals surface area contributed by atoms with E-state index < -0.39 is 0 Å². The van der Waals surface area contributed by atoms with E-state index in [1.165, 1.54) is 6.07 Å². The summed E-state index contributed by atoms with van der Waals surface area (Å²) in [6, 6.07) is 5.16. The standard InChI is InChI=1S/C14H18FN3/c1-10-5-4-6-14(15)13(10)9-16-7-12-8-17-18(3)11(12)2/h4-6,8,16H,7,9H2,1-3H3. The van der Waals surface area contributed by atoms with E-state index in [9.17, 15) is 4.39 Å². The summed E-state index contributed by atoms with van der Waals surface area (Å²) in [5.74, 6) is -0.148. The lowest BCUT2D eigenvalue weighted by Gasteiger charge is -2.08. The van der Waals surface area contributed by atoms with Crippen molar-refractivity contribution in [3.8, 4) is 0 Å². The fourth-order valence-electron chi connectivity index (χ4n) is 1.93. The molecule has 2 rings (SSSR count). The van der Waals surface area contributed by atoms with Crippen LogP contribution in [0.2, 0.25) is 0 Å². The number of aryl methyl sites for hydroxylation is 2. The Labute approximate surface area is 107 Å². The first-order valence-corrected chi connectivity index (χ1v) is 6.01. The van der Waals surface area contributed by atoms with Gasteiger partial charge in [0.1, 0.15) is 5.82 Å². The van der Waals surface area contributed by atoms with Crippen LogP contribution in [0.15, 0.2) is 24.4 Å². The SMILES string of the molecule is Cc1cccc(F)c1CNCc1cnn(C)c1C. The average Bonchev–Trinajstić information content (AvgIpc) is 2.65. The molecule has 0 amide bonds. The smallest absolute Gasteiger partial charge is 0.127 e. The van der Waals surface area contributed by atoms with Crippen molar-refractivity contribution in [3.63, 3.8) is 0 Å². The Kier molecular flexibility index (Phi) is 3.77. The summed E-state index contributed by atoms with van der Waals surface area (Å²) < 4.78 is 15.4. The summed E-state index contributed by atoms with van der Waals surface area (Å²) in [5.41, 5.74) is 3.99. The van der Waals surface area contributed by atoms with Gasteiger partial charge in [0.25, 0.3) is 0 Å². The third kappa shape index (κ3) is 2.59. The van der Waals surface area contributed by atoms with Crippen LogP contribution in [0.1, 0.15) is 22.4 Å². The molecule has 0 spiro atoms. The van der Waals surface area contributed by atoms with Crippen LogP contribution in [-0.2, 0) is 20.1 Å². The normalized spacial score (nSPS) is 10.9. The fraction of sp³-hybridized carbons (Fsp3) is 0.357. The molecule has 4 heteroatoms. The zero-order valence-electron chi connectivity index (χ0n) is 11.0. The van der Waals surface area contributed by atoms with Gasteiger partial charge < -0.3 is 5.32 Å². The second-order valence-electron chi connectivity index (χ2n) is 4.52. The van der Waals surface area contributed by atoms with Crippen LogP contribution >= 0.6 is 0 Å². The van der Waals surface area contributed by atoms with Crippen molar-refractivity contribution in [1.82, 2.24) is 15.1 Å². The molecule has 96 valence electrons. The van der Waals surface area contributed by atoms with Crippen molar-refractivity contribution in [2.75, 3.05) is 0 Å². The molecule has 1 N–H and O–H groups in total. The Hall–Kier alpha value is -1.68. The largest absolute Gasteiger partial charge is 0.308 e. The van der Waals surface area contributed by atoms with E-state index in [4.69, 9.17) is 0 Å². The highest BCUT2D eigenvalue weighted by Crippen LogP contribution is 2.12. The maximum atomic E-state index is 13.6. The molecule has 1 aromatic carbocycles. The van der Waals surface area contributed by atoms with E-state index in [-0.39, 0.29) is 5.82 Å². The Balaban J connectivity index is 1.99. The molecule has 18 heavy (non-hydrogen) atoms. The molecule has 0 saturated heterocycles. The number of hydrogen-bond acceptors (Lipinski definition) is 2. The molecule has 3 nitrogen and oxygen atoms in total. The molecule has 0 radical (unpaired) electrons. The number of halogens is 1. The van der Waals surface area contributed by atoms with Crippen LogP contribution < -0.4 is 5.32 Å². The maximum absolute atomic E-state index is 13.6. The van der Waals surface area contributed by atoms with Gasteiger partial charge in [0, 0.05) is 37.0 Å². The Morgan fingerprint density at radius 2 is 2.06 bits per heavy atom. The van der Waals surface area contributed by atoms with Gasteiger partial charge >= 0.3 is 0 Å². The number of nitrogens with one attached hydrogen (secondary N) is 1. The summed E-state index contributed by atoms with van der Waals surface area (Å²) in [7, 11) is 1.92. The summed E-state index contributed by atoms with van der Waals surface area (Å²) >= 11 is 0. The summed E-state index contributed by atoms with van der Waals surface area (Å²) in [5, 5.41) is 7.44. The van der Waals surface area contributed by atoms with E-state index in [1.807, 2.05) is 37.8 Å². The number of nitrogens with zero attached hydrogens (tertiary/aromatic N) is 2. The average molecular weight is 247 g/mol. The zero-order chi connectivity index (χ0) is 13.1. The van der Waals surface area contributed by atoms with Crippen LogP contribution in [0.4, 0.5) is 4.39 Å². The van der Waals surface area contributed by atoms with Crippen LogP contribution in [0.25, 0.3) is 0 Å². The number of rotatable bonds is 4. The zero-order valence-corrected chi connectivity index (χ0v) is 11.0. The molecular formula is C14H18FN3. The van der Waals surface area contributed by atoms with Gasteiger partial charge in [-0.05, 0) is 25.5 Å². The van der Waals surface area contributed by atoms with Crippen molar-refractivity contribution in [2.45, 2.75) is 26.9 Å². The Bertz CT molecular complexity index is 526. The van der Waals surface area contributed by atoms with Crippen molar-refractivity contribution in [2.24, 2.45) is 7.05 Å². The van der Waals surface area contributed by atoms with Crippen molar-refractivity contribution in [1.29, 1.82) is 0 Å². The van der Waals surface area contributed by atoms with Crippen molar-refractivity contribution in [3.05, 3.63) is 52.6 Å². The van der Waals surface area contributed by atoms with Gasteiger partial charge in [-0.15, -0.1) is 0 Å². The second kappa shape index (κ2) is 5.31. The molecule has 0 bridgehead atoms. The van der Waals surface area contributed by atoms with Gasteiger partial charge in [-0.1, -0.05) is 12.1 Å². The first-order valence-electron chi connectivity index (χ1n) is 6.01. The lowest BCUT2D eigenvalue weighted by atomic mass is 10.1. The van der Waals surface area contributed by atoms with E-state index >= 15 is 0 Å². The van der Waals surface area contributed by atoms with Gasteiger partial charge in [0.05, 0.1) is 6.20 Å². The van der Waals surface area contributed by atoms with Gasteiger partial charge in [0.2, 0.25) is 0 Å². The number of benzene rings is 1. The quantitative estimate of drug-likeness (QED) is 0.899. The highest BCUT2D eigenvalue weighted by atomic mass is 19.1. The molecular weight excluding hydrogens is 229 g/mol. The van der Waals surface area contributed by atoms with E-state index in [1.54, 1.807) is 6.07 Å². The molecule has 0 fully saturated rings. The Morgan fingerprint density at radius 3 is 2.67 bits per heavy atom. The van der Waals surface area contributed by atoms with Crippen molar-refractivity contribution >= 4 is 0 Å². The molecule has 0 atom stereocenters. The highest BCUT2D eigenvalue weighted by Gasteiger charge is 2.06. The molecule has 0 aliphatic rings. The third-order valence-corrected chi connectivity index (χ3v) is 3.31. The minimum Gasteiger partial charge on any atom is -0.308 e. The number of hydrogen-bond donors (Lipinski definition) is 1. The van der Waals surface area contributed by atoms with Gasteiger partial charge in [-0.3, -0.25) is 4.68 Å². The monoisotopic (exact) mass is 247 g/mol. The van der Waals surface area contributed by atoms with E-state index in [2.05, 4.69) is 10.4 Å². The van der Waals surface area contributed by atoms with Crippen molar-refractivity contribution < 1.29 is 4.39 Å². The molecule has 0 aliphatic carbocycles. The minimum atomic E-state index is -0.148. The van der Waals surface area contributed by atoms with Crippen LogP contribution in [-0.4, -0.2) is 9.78 Å². The molecule has 2 aromatic rings. The molecule has 1 heterocycles. The predicted octanol–water partition coefficient (Wildman–Crippen LogP) is 2.47. The first-order chi connectivity index (χ1) is 8.59. The molecule has 0 unspecified atom stereocenters. The lowest BCUT2D eigenvalue weighted by Crippen LogP contribution is -2.15. The fourth-order valence-corrected chi connectivity index (χ4v) is 1.93. The lowest BCUT2D eigenvalue weighted by molar-refractivity contribution is 0.584. The van der Waals surface area contributed by atoms with E-state index in [0.717, 1.165) is 22.4 Å². The minimum absolute atomic E-state index is 0.148. The summed E-state index contributed by atoms with van der Waals surface area (Å²) in [4.78, 5) is 0. The Morgan fingerprint density at radius 1 is 1.28 bits per heavy atom. The van der Waals surface area contributed by atoms with Gasteiger partial charge in [-0.2, -0.15) is 5.10 Å². The number of aromatic nitrogens is 2. The van der Waals surface area contributed by atoms with Gasteiger partial charge in [-0.25, -0.2) is 4.39 Å². The van der Waals surface area contributed by atoms with Crippen LogP contribution in [0.5, 0.6) is 0 Å². The molecule has 0 saturated carbocycles. The predicted molar refractivity (Wildman–Crippen MR) is 69.6 cm³/mol. The summed E-state index contributed by atoms with van der Waals surface area (Å²) in [6.45, 7) is 5.19.